The summed E-state index contributed by atoms with van der Waals surface area (Å²) < 4.78 is 18.0. The third kappa shape index (κ3) is 7.60. The number of guanidine groups is 1. The molecule has 4 rings (SSSR count). The van der Waals surface area contributed by atoms with Crippen LogP contribution in [-0.4, -0.2) is 154 Å². The second kappa shape index (κ2) is 14.8. The van der Waals surface area contributed by atoms with E-state index < -0.39 is 97.2 Å². The SMILES string of the molecule is NC(N)=NC1CC1(O)C(=O)N[C@@H]1C[C@H](N)C([C@H]2O[C@H](CNCCCO)CC[C@H]2N)[C@H](O)[C@H]1O[C@H]1O[C@H](CO)[C@@H](O)[C@H](N)[C@H]1O. The standard InChI is InChI=1S/C26H50N8O10/c27-11-3-2-10(8-32-4-1-5-35)42-21(11)16-12(28)6-13(33-24(40)26(41)7-15(26)34-25(30)31)22(19(16)38)44-23-20(39)17(29)18(37)14(9-36)43-23/h10-23,32,35-39,41H,1-9,27-29H2,(H,33,40)(H4,30,31,34)/t10-,11+,12-,13+,14+,15?,16?,17-,18+,19-,20+,21-,22-,23+,26?/m0/s1. The first-order chi connectivity index (χ1) is 20.8. The maximum atomic E-state index is 13.2. The number of nitrogens with two attached hydrogens (primary N) is 5. The lowest BCUT2D eigenvalue weighted by atomic mass is 9.72. The maximum absolute atomic E-state index is 13.2. The average Bonchev–Trinajstić information content (AvgIpc) is 3.63. The van der Waals surface area contributed by atoms with Gasteiger partial charge in [-0.25, -0.2) is 4.99 Å². The highest BCUT2D eigenvalue weighted by molar-refractivity contribution is 5.90. The first-order valence-electron chi connectivity index (χ1n) is 15.1. The van der Waals surface area contributed by atoms with Gasteiger partial charge in [-0.3, -0.25) is 4.79 Å². The molecule has 0 aromatic heterocycles. The van der Waals surface area contributed by atoms with Crippen LogP contribution in [0.3, 0.4) is 0 Å². The lowest BCUT2D eigenvalue weighted by Crippen LogP contribution is -2.69. The summed E-state index contributed by atoms with van der Waals surface area (Å²) in [5.74, 6) is -1.88. The molecule has 1 amide bonds. The lowest BCUT2D eigenvalue weighted by molar-refractivity contribution is -0.306. The van der Waals surface area contributed by atoms with E-state index in [0.717, 1.165) is 0 Å². The van der Waals surface area contributed by atoms with Crippen LogP contribution < -0.4 is 39.3 Å². The number of aliphatic hydroxyl groups excluding tert-OH is 5. The Morgan fingerprint density at radius 3 is 2.41 bits per heavy atom. The summed E-state index contributed by atoms with van der Waals surface area (Å²) in [5.41, 5.74) is 28.0. The zero-order valence-electron chi connectivity index (χ0n) is 24.6. The highest BCUT2D eigenvalue weighted by Gasteiger charge is 2.61. The number of amides is 1. The number of aliphatic imine (C=N–C) groups is 1. The van der Waals surface area contributed by atoms with Gasteiger partial charge in [-0.2, -0.15) is 0 Å². The number of carbonyl (C=O) groups is 1. The molecule has 2 heterocycles. The smallest absolute Gasteiger partial charge is 0.254 e. The van der Waals surface area contributed by atoms with Gasteiger partial charge in [0.25, 0.3) is 5.91 Å². The second-order valence-corrected chi connectivity index (χ2v) is 12.4. The van der Waals surface area contributed by atoms with Gasteiger partial charge in [-0.15, -0.1) is 0 Å². The van der Waals surface area contributed by atoms with Crippen molar-refractivity contribution >= 4 is 11.9 Å². The highest BCUT2D eigenvalue weighted by Crippen LogP contribution is 2.41. The number of aliphatic hydroxyl groups is 6. The molecule has 0 spiro atoms. The van der Waals surface area contributed by atoms with Crippen LogP contribution in [0.1, 0.15) is 32.1 Å². The Morgan fingerprint density at radius 2 is 1.75 bits per heavy atom. The van der Waals surface area contributed by atoms with Crippen LogP contribution in [0.15, 0.2) is 4.99 Å². The highest BCUT2D eigenvalue weighted by atomic mass is 16.7. The third-order valence-electron chi connectivity index (χ3n) is 9.14. The van der Waals surface area contributed by atoms with Crippen LogP contribution in [-0.2, 0) is 19.0 Å². The van der Waals surface area contributed by atoms with Gasteiger partial charge in [0.15, 0.2) is 17.9 Å². The van der Waals surface area contributed by atoms with E-state index in [9.17, 15) is 30.3 Å². The molecule has 44 heavy (non-hydrogen) atoms. The number of ether oxygens (including phenoxy) is 3. The minimum Gasteiger partial charge on any atom is -0.396 e. The van der Waals surface area contributed by atoms with Crippen molar-refractivity contribution in [1.82, 2.24) is 10.6 Å². The predicted octanol–water partition coefficient (Wildman–Crippen LogP) is -7.05. The second-order valence-electron chi connectivity index (χ2n) is 12.4. The van der Waals surface area contributed by atoms with E-state index in [4.69, 9.17) is 48.0 Å². The summed E-state index contributed by atoms with van der Waals surface area (Å²) in [4.78, 5) is 17.1. The Bertz CT molecular complexity index is 994. The largest absolute Gasteiger partial charge is 0.396 e. The summed E-state index contributed by atoms with van der Waals surface area (Å²) in [6, 6.07) is -4.34. The zero-order chi connectivity index (χ0) is 32.3. The first-order valence-corrected chi connectivity index (χ1v) is 15.1. The van der Waals surface area contributed by atoms with Gasteiger partial charge in [0.2, 0.25) is 0 Å². The molecule has 15 atom stereocenters. The Labute approximate surface area is 255 Å². The Balaban J connectivity index is 1.55. The minimum atomic E-state index is -1.89. The van der Waals surface area contributed by atoms with Crippen LogP contribution >= 0.6 is 0 Å². The van der Waals surface area contributed by atoms with Crippen LogP contribution in [0.5, 0.6) is 0 Å². The van der Waals surface area contributed by atoms with Crippen LogP contribution in [0.2, 0.25) is 0 Å². The van der Waals surface area contributed by atoms with Crippen molar-refractivity contribution in [2.75, 3.05) is 26.3 Å². The van der Waals surface area contributed by atoms with Crippen LogP contribution in [0.4, 0.5) is 0 Å². The van der Waals surface area contributed by atoms with Crippen molar-refractivity contribution in [3.8, 4) is 0 Å². The molecule has 2 aliphatic carbocycles. The number of carbonyl (C=O) groups excluding carboxylic acids is 1. The van der Waals surface area contributed by atoms with Gasteiger partial charge in [-0.05, 0) is 32.2 Å². The summed E-state index contributed by atoms with van der Waals surface area (Å²) in [6.07, 6.45) is -7.43. The number of rotatable bonds is 12. The molecule has 0 radical (unpaired) electrons. The molecule has 2 aliphatic heterocycles. The lowest BCUT2D eigenvalue weighted by Gasteiger charge is -2.51. The van der Waals surface area contributed by atoms with E-state index in [1.54, 1.807) is 0 Å². The average molecular weight is 635 g/mol. The first kappa shape index (κ1) is 35.1. The molecule has 0 bridgehead atoms. The fourth-order valence-corrected chi connectivity index (χ4v) is 6.47. The normalized spacial score (nSPS) is 45.8. The van der Waals surface area contributed by atoms with Crippen molar-refractivity contribution in [2.45, 2.75) is 117 Å². The molecule has 0 aromatic rings. The molecule has 2 saturated heterocycles. The maximum Gasteiger partial charge on any atom is 0.254 e. The molecular weight excluding hydrogens is 584 g/mol. The van der Waals surface area contributed by atoms with E-state index in [2.05, 4.69) is 15.6 Å². The molecule has 18 N–H and O–H groups in total. The van der Waals surface area contributed by atoms with Crippen molar-refractivity contribution in [2.24, 2.45) is 39.6 Å². The summed E-state index contributed by atoms with van der Waals surface area (Å²) in [6.45, 7) is 0.533. The van der Waals surface area contributed by atoms with Gasteiger partial charge in [0.05, 0.1) is 43.0 Å². The zero-order valence-corrected chi connectivity index (χ0v) is 24.6. The van der Waals surface area contributed by atoms with Crippen LogP contribution in [0.25, 0.3) is 0 Å². The fraction of sp³-hybridized carbons (Fsp3) is 0.923. The minimum absolute atomic E-state index is 0.0277. The predicted molar refractivity (Wildman–Crippen MR) is 154 cm³/mol. The van der Waals surface area contributed by atoms with Gasteiger partial charge >= 0.3 is 0 Å². The van der Waals surface area contributed by atoms with E-state index in [-0.39, 0.29) is 31.5 Å². The number of nitrogens with zero attached hydrogens (tertiary/aromatic N) is 1. The molecule has 2 saturated carbocycles. The fourth-order valence-electron chi connectivity index (χ4n) is 6.47. The van der Waals surface area contributed by atoms with Gasteiger partial charge in [0.1, 0.15) is 24.4 Å². The van der Waals surface area contributed by atoms with Crippen molar-refractivity contribution in [1.29, 1.82) is 0 Å². The molecule has 0 aromatic carbocycles. The quantitative estimate of drug-likeness (QED) is 0.0538. The Kier molecular flexibility index (Phi) is 11.8. The molecular formula is C26H50N8O10. The number of hydrogen-bond acceptors (Lipinski definition) is 15. The van der Waals surface area contributed by atoms with Gasteiger partial charge in [-0.1, -0.05) is 0 Å². The monoisotopic (exact) mass is 634 g/mol. The van der Waals surface area contributed by atoms with Crippen molar-refractivity contribution in [3.63, 3.8) is 0 Å². The molecule has 254 valence electrons. The third-order valence-corrected chi connectivity index (χ3v) is 9.14. The molecule has 4 fully saturated rings. The topological polar surface area (TPSA) is 333 Å². The Hall–Kier alpha value is -1.78. The summed E-state index contributed by atoms with van der Waals surface area (Å²) in [7, 11) is 0. The number of nitrogens with one attached hydrogen (secondary N) is 2. The number of hydrogen-bond donors (Lipinski definition) is 13. The Morgan fingerprint density at radius 1 is 1.02 bits per heavy atom. The molecule has 18 heteroatoms. The van der Waals surface area contributed by atoms with Crippen LogP contribution in [0, 0.1) is 5.92 Å². The van der Waals surface area contributed by atoms with Gasteiger partial charge in [0, 0.05) is 37.6 Å². The molecule has 3 unspecified atom stereocenters. The van der Waals surface area contributed by atoms with E-state index in [0.29, 0.717) is 32.4 Å². The molecule has 4 aliphatic rings. The van der Waals surface area contributed by atoms with Crippen molar-refractivity contribution in [3.05, 3.63) is 0 Å². The summed E-state index contributed by atoms with van der Waals surface area (Å²) >= 11 is 0. The van der Waals surface area contributed by atoms with E-state index >= 15 is 0 Å². The summed E-state index contributed by atoms with van der Waals surface area (Å²) in [5, 5.41) is 68.3. The van der Waals surface area contributed by atoms with Crippen molar-refractivity contribution < 1.29 is 49.6 Å². The van der Waals surface area contributed by atoms with E-state index in [1.165, 1.54) is 0 Å². The van der Waals surface area contributed by atoms with E-state index in [1.807, 2.05) is 0 Å². The molecule has 18 nitrogen and oxygen atoms in total. The van der Waals surface area contributed by atoms with Gasteiger partial charge < -0.3 is 84.2 Å².